The Bertz CT molecular complexity index is 835. The second-order valence-corrected chi connectivity index (χ2v) is 6.28. The van der Waals surface area contributed by atoms with Crippen molar-refractivity contribution in [2.75, 3.05) is 18.5 Å². The number of hydrogen-bond acceptors (Lipinski definition) is 3. The molecule has 26 heavy (non-hydrogen) atoms. The third-order valence-corrected chi connectivity index (χ3v) is 4.60. The molecule has 0 spiro atoms. The Balaban J connectivity index is 1.83. The van der Waals surface area contributed by atoms with Gasteiger partial charge in [0, 0.05) is 30.4 Å². The summed E-state index contributed by atoms with van der Waals surface area (Å²) in [5.41, 5.74) is 1.46. The lowest BCUT2D eigenvalue weighted by Crippen LogP contribution is -2.40. The fraction of sp³-hybridized carbons (Fsp3) is 0.250. The van der Waals surface area contributed by atoms with Crippen LogP contribution in [0.2, 0.25) is 0 Å². The summed E-state index contributed by atoms with van der Waals surface area (Å²) in [6.07, 6.45) is 1.12. The van der Waals surface area contributed by atoms with E-state index in [1.54, 1.807) is 25.2 Å². The topological polar surface area (TPSA) is 77.9 Å². The maximum atomic E-state index is 12.7. The second-order valence-electron chi connectivity index (χ2n) is 6.28. The van der Waals surface area contributed by atoms with E-state index in [1.807, 2.05) is 30.3 Å². The van der Waals surface area contributed by atoms with Gasteiger partial charge in [0.25, 0.3) is 11.8 Å². The monoisotopic (exact) mass is 352 g/mol. The Morgan fingerprint density at radius 3 is 2.42 bits per heavy atom. The quantitative estimate of drug-likeness (QED) is 0.918. The Kier molecular flexibility index (Phi) is 5.02. The molecule has 1 aliphatic heterocycles. The smallest absolute Gasteiger partial charge is 0.326 e. The van der Waals surface area contributed by atoms with E-state index < -0.39 is 12.0 Å². The fourth-order valence-corrected chi connectivity index (χ4v) is 3.18. The van der Waals surface area contributed by atoms with Crippen LogP contribution in [0.15, 0.2) is 54.6 Å². The zero-order chi connectivity index (χ0) is 18.7. The van der Waals surface area contributed by atoms with Crippen molar-refractivity contribution in [3.8, 4) is 0 Å². The van der Waals surface area contributed by atoms with Gasteiger partial charge in [0.15, 0.2) is 0 Å². The molecule has 1 saturated heterocycles. The Labute approximate surface area is 151 Å². The lowest BCUT2D eigenvalue weighted by atomic mass is 10.1. The van der Waals surface area contributed by atoms with Crippen molar-refractivity contribution in [2.24, 2.45) is 0 Å². The molecule has 6 nitrogen and oxygen atoms in total. The minimum absolute atomic E-state index is 0.234. The Morgan fingerprint density at radius 1 is 1.04 bits per heavy atom. The molecule has 0 radical (unpaired) electrons. The molecule has 0 saturated carbocycles. The zero-order valence-electron chi connectivity index (χ0n) is 14.5. The summed E-state index contributed by atoms with van der Waals surface area (Å²) < 4.78 is 0. The van der Waals surface area contributed by atoms with E-state index in [2.05, 4.69) is 0 Å². The number of carbonyl (C=O) groups is 3. The number of amides is 2. The van der Waals surface area contributed by atoms with Gasteiger partial charge in [-0.15, -0.1) is 0 Å². The summed E-state index contributed by atoms with van der Waals surface area (Å²) in [6, 6.07) is 14.9. The van der Waals surface area contributed by atoms with Gasteiger partial charge in [0.1, 0.15) is 6.04 Å². The van der Waals surface area contributed by atoms with Gasteiger partial charge in [-0.2, -0.15) is 0 Å². The van der Waals surface area contributed by atoms with E-state index in [1.165, 1.54) is 15.9 Å². The summed E-state index contributed by atoms with van der Waals surface area (Å²) in [5.74, 6) is -1.58. The summed E-state index contributed by atoms with van der Waals surface area (Å²) in [7, 11) is 1.67. The van der Waals surface area contributed by atoms with Crippen molar-refractivity contribution in [3.63, 3.8) is 0 Å². The average Bonchev–Trinajstić information content (AvgIpc) is 3.17. The standard InChI is InChI=1S/C20H20N2O4/c1-21(16-9-3-2-4-10-16)18(23)14-7-5-8-15(13-14)19(24)22-12-6-11-17(22)20(25)26/h2-5,7-10,13,17H,6,11-12H2,1H3,(H,25,26). The number of benzene rings is 2. The molecule has 0 aromatic heterocycles. The number of anilines is 1. The van der Waals surface area contributed by atoms with Crippen molar-refractivity contribution in [3.05, 3.63) is 65.7 Å². The van der Waals surface area contributed by atoms with Crippen LogP contribution in [0.1, 0.15) is 33.6 Å². The van der Waals surface area contributed by atoms with Gasteiger partial charge in [0.2, 0.25) is 0 Å². The molecule has 1 N–H and O–H groups in total. The maximum Gasteiger partial charge on any atom is 0.326 e. The van der Waals surface area contributed by atoms with Gasteiger partial charge in [-0.1, -0.05) is 24.3 Å². The predicted octanol–water partition coefficient (Wildman–Crippen LogP) is 2.65. The first kappa shape index (κ1) is 17.7. The van der Waals surface area contributed by atoms with E-state index >= 15 is 0 Å². The lowest BCUT2D eigenvalue weighted by molar-refractivity contribution is -0.141. The number of carbonyl (C=O) groups excluding carboxylic acids is 2. The first-order valence-electron chi connectivity index (χ1n) is 8.46. The molecule has 1 aliphatic rings. The molecule has 6 heteroatoms. The number of rotatable bonds is 4. The molecule has 1 unspecified atom stereocenters. The van der Waals surface area contributed by atoms with Crippen molar-refractivity contribution in [1.82, 2.24) is 4.90 Å². The summed E-state index contributed by atoms with van der Waals surface area (Å²) in [4.78, 5) is 39.6. The highest BCUT2D eigenvalue weighted by Gasteiger charge is 2.34. The van der Waals surface area contributed by atoms with Crippen LogP contribution in [-0.4, -0.2) is 47.4 Å². The van der Waals surface area contributed by atoms with Gasteiger partial charge < -0.3 is 14.9 Å². The van der Waals surface area contributed by atoms with Gasteiger partial charge in [-0.05, 0) is 43.2 Å². The molecule has 2 aromatic rings. The van der Waals surface area contributed by atoms with E-state index in [0.29, 0.717) is 30.5 Å². The van der Waals surface area contributed by atoms with Crippen LogP contribution in [0.4, 0.5) is 5.69 Å². The normalized spacial score (nSPS) is 16.3. The van der Waals surface area contributed by atoms with Gasteiger partial charge in [0.05, 0.1) is 0 Å². The van der Waals surface area contributed by atoms with Crippen LogP contribution >= 0.6 is 0 Å². The second kappa shape index (κ2) is 7.39. The van der Waals surface area contributed by atoms with Gasteiger partial charge >= 0.3 is 5.97 Å². The number of hydrogen-bond donors (Lipinski definition) is 1. The minimum Gasteiger partial charge on any atom is -0.480 e. The van der Waals surface area contributed by atoms with Gasteiger partial charge in [-0.3, -0.25) is 9.59 Å². The number of carboxylic acid groups (broad SMARTS) is 1. The largest absolute Gasteiger partial charge is 0.480 e. The third kappa shape index (κ3) is 3.44. The van der Waals surface area contributed by atoms with E-state index in [9.17, 15) is 19.5 Å². The average molecular weight is 352 g/mol. The van der Waals surface area contributed by atoms with E-state index in [4.69, 9.17) is 0 Å². The first-order valence-corrected chi connectivity index (χ1v) is 8.46. The van der Waals surface area contributed by atoms with Crippen LogP contribution < -0.4 is 4.90 Å². The first-order chi connectivity index (χ1) is 12.5. The van der Waals surface area contributed by atoms with E-state index in [-0.39, 0.29) is 11.8 Å². The Morgan fingerprint density at radius 2 is 1.73 bits per heavy atom. The molecule has 0 aliphatic carbocycles. The molecule has 1 heterocycles. The molecule has 1 atom stereocenters. The SMILES string of the molecule is CN(C(=O)c1cccc(C(=O)N2CCCC2C(=O)O)c1)c1ccccc1. The lowest BCUT2D eigenvalue weighted by Gasteiger charge is -2.22. The number of carboxylic acids is 1. The number of likely N-dealkylation sites (tertiary alicyclic amines) is 1. The zero-order valence-corrected chi connectivity index (χ0v) is 14.5. The molecule has 2 aromatic carbocycles. The highest BCUT2D eigenvalue weighted by Crippen LogP contribution is 2.22. The van der Waals surface area contributed by atoms with Gasteiger partial charge in [-0.25, -0.2) is 4.79 Å². The molecule has 134 valence electrons. The van der Waals surface area contributed by atoms with Crippen LogP contribution in [-0.2, 0) is 4.79 Å². The van der Waals surface area contributed by atoms with Crippen LogP contribution in [0.5, 0.6) is 0 Å². The van der Waals surface area contributed by atoms with Crippen molar-refractivity contribution in [1.29, 1.82) is 0 Å². The highest BCUT2D eigenvalue weighted by atomic mass is 16.4. The van der Waals surface area contributed by atoms with E-state index in [0.717, 1.165) is 5.69 Å². The van der Waals surface area contributed by atoms with Crippen molar-refractivity contribution < 1.29 is 19.5 Å². The minimum atomic E-state index is -0.994. The Hall–Kier alpha value is -3.15. The van der Waals surface area contributed by atoms with Crippen LogP contribution in [0.25, 0.3) is 0 Å². The van der Waals surface area contributed by atoms with Crippen molar-refractivity contribution in [2.45, 2.75) is 18.9 Å². The van der Waals surface area contributed by atoms with Crippen LogP contribution in [0, 0.1) is 0 Å². The fourth-order valence-electron chi connectivity index (χ4n) is 3.18. The third-order valence-electron chi connectivity index (χ3n) is 4.60. The predicted molar refractivity (Wildman–Crippen MR) is 97.3 cm³/mol. The highest BCUT2D eigenvalue weighted by molar-refractivity contribution is 6.07. The number of nitrogens with zero attached hydrogens (tertiary/aromatic N) is 2. The molecule has 0 bridgehead atoms. The molecular weight excluding hydrogens is 332 g/mol. The summed E-state index contributed by atoms with van der Waals surface area (Å²) in [6.45, 7) is 0.415. The summed E-state index contributed by atoms with van der Waals surface area (Å²) >= 11 is 0. The molecular formula is C20H20N2O4. The molecule has 3 rings (SSSR count). The number of para-hydroxylation sites is 1. The summed E-state index contributed by atoms with van der Waals surface area (Å²) in [5, 5.41) is 9.27. The van der Waals surface area contributed by atoms with Crippen molar-refractivity contribution >= 4 is 23.5 Å². The molecule has 2 amide bonds. The maximum absolute atomic E-state index is 12.7. The number of aliphatic carboxylic acids is 1. The van der Waals surface area contributed by atoms with Crippen LogP contribution in [0.3, 0.4) is 0 Å². The molecule has 1 fully saturated rings.